The number of nitrogens with two attached hydrogens (primary N) is 1. The van der Waals surface area contributed by atoms with E-state index in [2.05, 4.69) is 32.2 Å². The lowest BCUT2D eigenvalue weighted by Gasteiger charge is -2.01. The maximum Gasteiger partial charge on any atom is 0.244 e. The highest BCUT2D eigenvalue weighted by Crippen LogP contribution is 2.25. The van der Waals surface area contributed by atoms with Crippen molar-refractivity contribution in [3.8, 4) is 0 Å². The van der Waals surface area contributed by atoms with Crippen LogP contribution in [0.4, 0.5) is 5.13 Å². The number of nitrogens with one attached hydrogen (secondary N) is 1. The van der Waals surface area contributed by atoms with Crippen molar-refractivity contribution in [2.24, 2.45) is 12.1 Å². The van der Waals surface area contributed by atoms with Gasteiger partial charge in [0.25, 0.3) is 0 Å². The van der Waals surface area contributed by atoms with Gasteiger partial charge in [-0.1, -0.05) is 35.6 Å². The molecule has 0 radical (unpaired) electrons. The van der Waals surface area contributed by atoms with Gasteiger partial charge in [0.05, 0.1) is 22.9 Å². The molecule has 4 aromatic rings. The minimum Gasteiger partial charge on any atom is -0.375 e. The first kappa shape index (κ1) is 17.2. The lowest BCUT2D eigenvalue weighted by molar-refractivity contribution is -0.120. The van der Waals surface area contributed by atoms with Crippen molar-refractivity contribution in [3.05, 3.63) is 59.3 Å². The lowest BCUT2D eigenvalue weighted by Crippen LogP contribution is -2.19. The summed E-state index contributed by atoms with van der Waals surface area (Å²) in [5.41, 5.74) is 13.3. The summed E-state index contributed by atoms with van der Waals surface area (Å²) in [6.07, 6.45) is 1.96. The Labute approximate surface area is 160 Å². The Morgan fingerprint density at radius 2 is 2.15 bits per heavy atom. The molecule has 27 heavy (non-hydrogen) atoms. The molecular formula is C20H19N5OS. The molecule has 2 heterocycles. The van der Waals surface area contributed by atoms with Crippen molar-refractivity contribution >= 4 is 49.7 Å². The minimum absolute atomic E-state index is 0.166. The van der Waals surface area contributed by atoms with Crippen molar-refractivity contribution in [1.82, 2.24) is 15.0 Å². The van der Waals surface area contributed by atoms with E-state index in [1.54, 1.807) is 6.21 Å². The Bertz CT molecular complexity index is 1190. The molecule has 4 rings (SSSR count). The first-order chi connectivity index (χ1) is 13.0. The molecule has 0 atom stereocenters. The number of thiazole rings is 1. The number of hydrogen-bond donors (Lipinski definition) is 2. The lowest BCUT2D eigenvalue weighted by atomic mass is 10.1. The monoisotopic (exact) mass is 377 g/mol. The maximum atomic E-state index is 12.2. The summed E-state index contributed by atoms with van der Waals surface area (Å²) < 4.78 is 3.10. The fraction of sp³-hybridized carbons (Fsp3) is 0.150. The number of rotatable bonds is 4. The third-order valence-corrected chi connectivity index (χ3v) is 5.51. The molecule has 1 amide bonds. The summed E-state index contributed by atoms with van der Waals surface area (Å²) >= 11 is 1.42. The van der Waals surface area contributed by atoms with Crippen molar-refractivity contribution < 1.29 is 4.79 Å². The number of nitrogens with zero attached hydrogens (tertiary/aromatic N) is 3. The number of nitrogen functional groups attached to an aromatic ring is 1. The van der Waals surface area contributed by atoms with E-state index in [0.29, 0.717) is 5.13 Å². The van der Waals surface area contributed by atoms with Crippen molar-refractivity contribution in [2.45, 2.75) is 13.3 Å². The molecule has 0 bridgehead atoms. The van der Waals surface area contributed by atoms with Gasteiger partial charge in [0, 0.05) is 29.2 Å². The number of benzene rings is 2. The van der Waals surface area contributed by atoms with Crippen LogP contribution < -0.4 is 11.2 Å². The van der Waals surface area contributed by atoms with Crippen LogP contribution in [-0.4, -0.2) is 21.7 Å². The van der Waals surface area contributed by atoms with E-state index in [9.17, 15) is 4.79 Å². The zero-order chi connectivity index (χ0) is 19.0. The molecule has 0 saturated carbocycles. The minimum atomic E-state index is -0.166. The van der Waals surface area contributed by atoms with Crippen LogP contribution in [0.25, 0.3) is 21.1 Å². The average Bonchev–Trinajstić information content (AvgIpc) is 3.13. The van der Waals surface area contributed by atoms with Gasteiger partial charge in [0.2, 0.25) is 5.91 Å². The molecule has 6 nitrogen and oxygen atoms in total. The van der Waals surface area contributed by atoms with Gasteiger partial charge < -0.3 is 10.3 Å². The molecule has 136 valence electrons. The summed E-state index contributed by atoms with van der Waals surface area (Å²) in [5, 5.41) is 5.80. The van der Waals surface area contributed by atoms with E-state index in [1.165, 1.54) is 11.3 Å². The number of hydrogen-bond acceptors (Lipinski definition) is 5. The molecular weight excluding hydrogens is 358 g/mol. The fourth-order valence-electron chi connectivity index (χ4n) is 3.20. The van der Waals surface area contributed by atoms with E-state index in [0.717, 1.165) is 37.9 Å². The van der Waals surface area contributed by atoms with Crippen LogP contribution >= 0.6 is 11.3 Å². The van der Waals surface area contributed by atoms with E-state index < -0.39 is 0 Å². The van der Waals surface area contributed by atoms with Gasteiger partial charge in [-0.25, -0.2) is 10.4 Å². The van der Waals surface area contributed by atoms with E-state index in [-0.39, 0.29) is 12.3 Å². The summed E-state index contributed by atoms with van der Waals surface area (Å²) in [6, 6.07) is 13.9. The summed E-state index contributed by atoms with van der Waals surface area (Å²) in [5.74, 6) is -0.166. The fourth-order valence-corrected chi connectivity index (χ4v) is 4.00. The summed E-state index contributed by atoms with van der Waals surface area (Å²) in [6.45, 7) is 2.04. The number of carbonyl (C=O) groups is 1. The molecule has 7 heteroatoms. The predicted molar refractivity (Wildman–Crippen MR) is 111 cm³/mol. The molecule has 0 aliphatic rings. The van der Waals surface area contributed by atoms with Gasteiger partial charge in [0.1, 0.15) is 0 Å². The van der Waals surface area contributed by atoms with Gasteiger partial charge >= 0.3 is 0 Å². The van der Waals surface area contributed by atoms with Crippen LogP contribution in [0, 0.1) is 6.92 Å². The Kier molecular flexibility index (Phi) is 4.37. The number of aryl methyl sites for hydroxylation is 1. The van der Waals surface area contributed by atoms with Crippen molar-refractivity contribution in [2.75, 3.05) is 5.73 Å². The van der Waals surface area contributed by atoms with Gasteiger partial charge in [-0.3, -0.25) is 4.79 Å². The second-order valence-electron chi connectivity index (χ2n) is 6.40. The van der Waals surface area contributed by atoms with Crippen LogP contribution in [-0.2, 0) is 18.3 Å². The maximum absolute atomic E-state index is 12.2. The predicted octanol–water partition coefficient (Wildman–Crippen LogP) is 3.37. The number of para-hydroxylation sites is 1. The highest BCUT2D eigenvalue weighted by Gasteiger charge is 2.10. The second-order valence-corrected chi connectivity index (χ2v) is 7.46. The van der Waals surface area contributed by atoms with Gasteiger partial charge in [-0.2, -0.15) is 5.10 Å². The third kappa shape index (κ3) is 3.29. The summed E-state index contributed by atoms with van der Waals surface area (Å²) in [4.78, 5) is 16.5. The molecule has 2 aromatic carbocycles. The zero-order valence-electron chi connectivity index (χ0n) is 15.1. The first-order valence-corrected chi connectivity index (χ1v) is 9.35. The standard InChI is InChI=1S/C20H19N5OS/c1-12-15(14-5-3-4-6-17(14)25(12)2)11-22-24-19(26)10-13-7-8-16-18(9-13)27-20(21)23-16/h3-9,11H,10H2,1-2H3,(H2,21,23)(H,24,26)/b22-11-. The molecule has 0 spiro atoms. The van der Waals surface area contributed by atoms with Crippen LogP contribution in [0.15, 0.2) is 47.6 Å². The zero-order valence-corrected chi connectivity index (χ0v) is 15.9. The second kappa shape index (κ2) is 6.85. The number of hydrazone groups is 1. The molecule has 0 aliphatic carbocycles. The van der Waals surface area contributed by atoms with Crippen LogP contribution in [0.2, 0.25) is 0 Å². The average molecular weight is 377 g/mol. The number of anilines is 1. The van der Waals surface area contributed by atoms with Crippen LogP contribution in [0.3, 0.4) is 0 Å². The molecule has 0 saturated heterocycles. The number of aromatic nitrogens is 2. The van der Waals surface area contributed by atoms with Gasteiger partial charge in [-0.05, 0) is 30.7 Å². The third-order valence-electron chi connectivity index (χ3n) is 4.67. The molecule has 0 fully saturated rings. The Morgan fingerprint density at radius 1 is 1.33 bits per heavy atom. The SMILES string of the molecule is Cc1c(/C=N\NC(=O)Cc2ccc3nc(N)sc3c2)c2ccccc2n1C. The molecule has 2 aromatic heterocycles. The van der Waals surface area contributed by atoms with Crippen LogP contribution in [0.1, 0.15) is 16.8 Å². The van der Waals surface area contributed by atoms with Gasteiger partial charge in [0.15, 0.2) is 5.13 Å². The normalized spacial score (nSPS) is 11.6. The van der Waals surface area contributed by atoms with Crippen molar-refractivity contribution in [3.63, 3.8) is 0 Å². The Balaban J connectivity index is 1.48. The largest absolute Gasteiger partial charge is 0.375 e. The van der Waals surface area contributed by atoms with E-state index >= 15 is 0 Å². The highest BCUT2D eigenvalue weighted by molar-refractivity contribution is 7.22. The Hall–Kier alpha value is -3.19. The number of fused-ring (bicyclic) bond motifs is 2. The number of carbonyl (C=O) groups excluding carboxylic acids is 1. The number of amides is 1. The van der Waals surface area contributed by atoms with E-state index in [1.807, 2.05) is 44.3 Å². The van der Waals surface area contributed by atoms with Gasteiger partial charge in [-0.15, -0.1) is 0 Å². The molecule has 0 aliphatic heterocycles. The highest BCUT2D eigenvalue weighted by atomic mass is 32.1. The van der Waals surface area contributed by atoms with Crippen molar-refractivity contribution in [1.29, 1.82) is 0 Å². The Morgan fingerprint density at radius 3 is 3.00 bits per heavy atom. The molecule has 0 unspecified atom stereocenters. The smallest absolute Gasteiger partial charge is 0.244 e. The van der Waals surface area contributed by atoms with Crippen LogP contribution in [0.5, 0.6) is 0 Å². The summed E-state index contributed by atoms with van der Waals surface area (Å²) in [7, 11) is 2.02. The topological polar surface area (TPSA) is 85.3 Å². The first-order valence-electron chi connectivity index (χ1n) is 8.54. The quantitative estimate of drug-likeness (QED) is 0.422. The molecule has 3 N–H and O–H groups in total. The van der Waals surface area contributed by atoms with E-state index in [4.69, 9.17) is 5.73 Å².